The maximum atomic E-state index is 12.7. The van der Waals surface area contributed by atoms with Gasteiger partial charge in [0.1, 0.15) is 0 Å². The topological polar surface area (TPSA) is 55.7 Å². The SMILES string of the molecule is CC(C)c1cccc(C(C)C)c1-n1c(-c2[c-]cc(-c3cc4c5c(c3)N3c6ccc(C(C)(C)C)cc6Oc6cc(C(C)(C)C)cc(c63)B5c3cc(C(C)(C)C)cc5c3N4c3ccc(C(C)(C)C)cc3O5)cc2)nc2ccccc21.Cc1cnc(-c2[c-]cc(F)cc2)cc1C.[Ir]. The molecule has 4 aliphatic heterocycles. The molecule has 94 heavy (non-hydrogen) atoms. The molecule has 0 aliphatic carbocycles. The van der Waals surface area contributed by atoms with Crippen molar-refractivity contribution in [1.82, 2.24) is 14.5 Å². The van der Waals surface area contributed by atoms with E-state index in [1.54, 1.807) is 6.07 Å². The molecule has 6 heterocycles. The number of fused-ring (bicyclic) bond motifs is 9. The Morgan fingerprint density at radius 1 is 0.479 bits per heavy atom. The van der Waals surface area contributed by atoms with Crippen molar-refractivity contribution in [1.29, 1.82) is 0 Å². The van der Waals surface area contributed by atoms with E-state index in [1.807, 2.05) is 26.1 Å². The molecule has 0 fully saturated rings. The summed E-state index contributed by atoms with van der Waals surface area (Å²) >= 11 is 0. The molecule has 477 valence electrons. The van der Waals surface area contributed by atoms with Gasteiger partial charge in [-0.15, -0.1) is 59.7 Å². The third-order valence-corrected chi connectivity index (χ3v) is 19.4. The summed E-state index contributed by atoms with van der Waals surface area (Å²) in [5, 5.41) is 0. The Bertz CT molecular complexity index is 4650. The molecule has 1 radical (unpaired) electrons. The summed E-state index contributed by atoms with van der Waals surface area (Å²) in [4.78, 5) is 14.7. The van der Waals surface area contributed by atoms with Gasteiger partial charge in [-0.3, -0.25) is 9.37 Å². The van der Waals surface area contributed by atoms with Crippen molar-refractivity contribution in [2.75, 3.05) is 9.80 Å². The van der Waals surface area contributed by atoms with E-state index in [-0.39, 0.29) is 54.3 Å². The molecule has 0 bridgehead atoms. The number of rotatable bonds is 6. The number of imidazole rings is 1. The van der Waals surface area contributed by atoms with Gasteiger partial charge in [0.25, 0.3) is 6.71 Å². The molecule has 0 amide bonds. The van der Waals surface area contributed by atoms with Gasteiger partial charge in [-0.05, 0) is 169 Å². The van der Waals surface area contributed by atoms with E-state index in [0.717, 1.165) is 107 Å². The van der Waals surface area contributed by atoms with Gasteiger partial charge < -0.3 is 28.8 Å². The Balaban J connectivity index is 0.000000441. The molecule has 0 N–H and O–H groups in total. The van der Waals surface area contributed by atoms with E-state index < -0.39 is 0 Å². The summed E-state index contributed by atoms with van der Waals surface area (Å²) in [6, 6.07) is 63.3. The van der Waals surface area contributed by atoms with Crippen molar-refractivity contribution < 1.29 is 34.0 Å². The Morgan fingerprint density at radius 3 is 1.47 bits per heavy atom. The molecule has 15 rings (SSSR count). The minimum atomic E-state index is -0.275. The van der Waals surface area contributed by atoms with E-state index in [9.17, 15) is 4.39 Å². The average molecular weight is 1420 g/mol. The van der Waals surface area contributed by atoms with E-state index in [4.69, 9.17) is 14.5 Å². The van der Waals surface area contributed by atoms with Gasteiger partial charge in [-0.2, -0.15) is 0 Å². The van der Waals surface area contributed by atoms with Gasteiger partial charge in [-0.25, -0.2) is 0 Å². The molecule has 10 heteroatoms. The number of anilines is 6. The van der Waals surface area contributed by atoms with Crippen LogP contribution < -0.4 is 35.7 Å². The van der Waals surface area contributed by atoms with Crippen LogP contribution in [0.25, 0.3) is 50.5 Å². The fourth-order valence-corrected chi connectivity index (χ4v) is 13.9. The van der Waals surface area contributed by atoms with Crippen LogP contribution in [0.15, 0.2) is 164 Å². The van der Waals surface area contributed by atoms with Crippen LogP contribution >= 0.6 is 0 Å². The predicted octanol–water partition coefficient (Wildman–Crippen LogP) is 21.2. The first-order chi connectivity index (χ1) is 44.0. The molecule has 4 aliphatic rings. The second-order valence-corrected chi connectivity index (χ2v) is 30.8. The van der Waals surface area contributed by atoms with Crippen LogP contribution in [0.1, 0.15) is 167 Å². The van der Waals surface area contributed by atoms with Crippen LogP contribution in [-0.4, -0.2) is 21.2 Å². The van der Waals surface area contributed by atoms with E-state index in [0.29, 0.717) is 11.8 Å². The zero-order valence-corrected chi connectivity index (χ0v) is 60.0. The van der Waals surface area contributed by atoms with Crippen molar-refractivity contribution in [3.05, 3.63) is 226 Å². The number of ether oxygens (including phenoxy) is 2. The molecular formula is C84H83BFIrN5O2-2. The van der Waals surface area contributed by atoms with Crippen LogP contribution in [0.2, 0.25) is 0 Å². The van der Waals surface area contributed by atoms with Crippen LogP contribution in [-0.2, 0) is 41.8 Å². The first-order valence-electron chi connectivity index (χ1n) is 33.1. The number of aryl methyl sites for hydroxylation is 2. The van der Waals surface area contributed by atoms with Crippen molar-refractivity contribution in [3.8, 4) is 62.5 Å². The molecule has 0 unspecified atom stereocenters. The van der Waals surface area contributed by atoms with Gasteiger partial charge in [-0.1, -0.05) is 188 Å². The summed E-state index contributed by atoms with van der Waals surface area (Å²) in [6.45, 7) is 40.6. The Kier molecular flexibility index (Phi) is 15.8. The number of benzene rings is 9. The first kappa shape index (κ1) is 64.2. The number of para-hydroxylation sites is 3. The van der Waals surface area contributed by atoms with E-state index >= 15 is 0 Å². The van der Waals surface area contributed by atoms with Crippen molar-refractivity contribution in [3.63, 3.8) is 0 Å². The molecule has 0 spiro atoms. The Morgan fingerprint density at radius 2 is 0.989 bits per heavy atom. The Hall–Kier alpha value is -8.56. The number of halogens is 1. The second-order valence-electron chi connectivity index (χ2n) is 30.8. The van der Waals surface area contributed by atoms with Gasteiger partial charge in [0.05, 0.1) is 39.6 Å². The van der Waals surface area contributed by atoms with E-state index in [1.165, 1.54) is 73.2 Å². The second kappa shape index (κ2) is 23.1. The molecule has 0 saturated heterocycles. The van der Waals surface area contributed by atoms with Crippen molar-refractivity contribution >= 4 is 68.3 Å². The zero-order chi connectivity index (χ0) is 65.7. The molecule has 7 nitrogen and oxygen atoms in total. The molecule has 2 aromatic heterocycles. The van der Waals surface area contributed by atoms with Gasteiger partial charge in [0, 0.05) is 49.2 Å². The fourth-order valence-electron chi connectivity index (χ4n) is 13.9. The summed E-state index contributed by atoms with van der Waals surface area (Å²) in [6.07, 6.45) is 1.82. The van der Waals surface area contributed by atoms with Crippen LogP contribution in [0.5, 0.6) is 23.0 Å². The standard InChI is InChI=1S/C71H72BN4O2.C13H11FN.Ir/c1-40(2)49-20-19-21-50(41(3)4)64(49)76-54-23-18-17-22-53(54)73-67(76)43-26-24-42(25-27-43)44-32-57-63-58(33-44)75-56-31-29-46(69(8,9)10)37-60(56)78-62-39-48(71(14,15)16)35-52(66(62)75)72(63)51-34-47(70(11,12)13)38-61-65(51)74(57)55-30-28-45(68(5,6)7)36-59(55)77-61;1-9-7-13(15-8-10(9)2)11-3-5-12(14)6-4-11;/h17-26,28-41H,1-16H3;3,5-8H,1-2H3;/q2*-1;. The van der Waals surface area contributed by atoms with Crippen molar-refractivity contribution in [2.24, 2.45) is 0 Å². The third-order valence-electron chi connectivity index (χ3n) is 19.4. The molecule has 0 saturated carbocycles. The first-order valence-corrected chi connectivity index (χ1v) is 33.1. The Labute approximate surface area is 569 Å². The maximum Gasteiger partial charge on any atom is 0.252 e. The van der Waals surface area contributed by atoms with Crippen LogP contribution in [0.3, 0.4) is 0 Å². The van der Waals surface area contributed by atoms with Gasteiger partial charge in [0.15, 0.2) is 23.0 Å². The normalized spacial score (nSPS) is 13.5. The number of aromatic nitrogens is 3. The number of pyridine rings is 1. The van der Waals surface area contributed by atoms with E-state index in [2.05, 4.69) is 276 Å². The maximum absolute atomic E-state index is 12.7. The number of nitrogens with zero attached hydrogens (tertiary/aromatic N) is 5. The summed E-state index contributed by atoms with van der Waals surface area (Å²) in [5.41, 5.74) is 27.8. The molecular weight excluding hydrogens is 1330 g/mol. The van der Waals surface area contributed by atoms with Crippen molar-refractivity contribution in [2.45, 2.75) is 158 Å². The third kappa shape index (κ3) is 11.0. The molecule has 11 aromatic rings. The monoisotopic (exact) mass is 1420 g/mol. The smallest absolute Gasteiger partial charge is 0.252 e. The largest absolute Gasteiger partial charge is 0.453 e. The van der Waals surface area contributed by atoms with Gasteiger partial charge >= 0.3 is 0 Å². The van der Waals surface area contributed by atoms with Crippen LogP contribution in [0.4, 0.5) is 38.5 Å². The minimum Gasteiger partial charge on any atom is -0.453 e. The summed E-state index contributed by atoms with van der Waals surface area (Å²) < 4.78 is 29.6. The number of hydrogen-bond acceptors (Lipinski definition) is 6. The zero-order valence-electron chi connectivity index (χ0n) is 57.6. The van der Waals surface area contributed by atoms with Gasteiger partial charge in [0.2, 0.25) is 0 Å². The predicted molar refractivity (Wildman–Crippen MR) is 386 cm³/mol. The summed E-state index contributed by atoms with van der Waals surface area (Å²) in [7, 11) is 0. The van der Waals surface area contributed by atoms with Crippen LogP contribution in [0, 0.1) is 31.8 Å². The average Bonchev–Trinajstić information content (AvgIpc) is 0.770. The minimum absolute atomic E-state index is 0. The molecule has 0 atom stereocenters. The fraction of sp³-hybridized carbons (Fsp3) is 0.286. The molecule has 9 aromatic carbocycles. The quantitative estimate of drug-likeness (QED) is 0.122. The summed E-state index contributed by atoms with van der Waals surface area (Å²) in [5.74, 6) is 4.74. The number of hydrogen-bond donors (Lipinski definition) is 0.